The van der Waals surface area contributed by atoms with Gasteiger partial charge in [0.05, 0.1) is 34.4 Å². The zero-order chi connectivity index (χ0) is 27.6. The van der Waals surface area contributed by atoms with Crippen LogP contribution in [0, 0.1) is 11.8 Å². The van der Waals surface area contributed by atoms with Gasteiger partial charge in [-0.3, -0.25) is 18.8 Å². The van der Waals surface area contributed by atoms with Crippen molar-refractivity contribution < 1.29 is 4.79 Å². The number of aryl methyl sites for hydroxylation is 1. The van der Waals surface area contributed by atoms with Crippen LogP contribution in [0.25, 0.3) is 27.4 Å². The standard InChI is InChI=1S/C33H25N5O2/c1-22(35-32(39)28-16-8-11-24-10-6-7-15-27(24)28)31-36-29-17-9-12-25(19-18-23-20-34-37(2)21-23)30(29)33(40)38(31)26-13-4-3-5-14-26/h3-17,20-22H,1-2H3,(H,35,39)/t22-/m0/s1. The van der Waals surface area contributed by atoms with E-state index in [0.717, 1.165) is 16.3 Å². The van der Waals surface area contributed by atoms with Crippen LogP contribution in [-0.4, -0.2) is 25.2 Å². The fourth-order valence-electron chi connectivity index (χ4n) is 4.86. The highest BCUT2D eigenvalue weighted by molar-refractivity contribution is 6.07. The maximum Gasteiger partial charge on any atom is 0.267 e. The van der Waals surface area contributed by atoms with Gasteiger partial charge >= 0.3 is 0 Å². The van der Waals surface area contributed by atoms with E-state index in [1.807, 2.05) is 99.0 Å². The van der Waals surface area contributed by atoms with Crippen molar-refractivity contribution in [3.63, 3.8) is 0 Å². The van der Waals surface area contributed by atoms with Crippen LogP contribution in [-0.2, 0) is 7.05 Å². The summed E-state index contributed by atoms with van der Waals surface area (Å²) in [5.74, 6) is 6.40. The van der Waals surface area contributed by atoms with Crippen LogP contribution >= 0.6 is 0 Å². The van der Waals surface area contributed by atoms with Crippen molar-refractivity contribution in [1.29, 1.82) is 0 Å². The maximum atomic E-state index is 14.1. The van der Waals surface area contributed by atoms with Gasteiger partial charge in [0.25, 0.3) is 11.5 Å². The molecule has 2 aromatic heterocycles. The zero-order valence-corrected chi connectivity index (χ0v) is 22.0. The third-order valence-corrected chi connectivity index (χ3v) is 6.75. The van der Waals surface area contributed by atoms with Gasteiger partial charge in [0, 0.05) is 24.4 Å². The molecule has 7 nitrogen and oxygen atoms in total. The van der Waals surface area contributed by atoms with Gasteiger partial charge in [0.15, 0.2) is 0 Å². The molecular weight excluding hydrogens is 498 g/mol. The molecule has 6 rings (SSSR count). The van der Waals surface area contributed by atoms with Crippen molar-refractivity contribution in [2.45, 2.75) is 13.0 Å². The normalized spacial score (nSPS) is 11.7. The summed E-state index contributed by atoms with van der Waals surface area (Å²) in [5, 5.41) is 9.48. The molecule has 1 N–H and O–H groups in total. The number of para-hydroxylation sites is 1. The molecule has 0 aliphatic carbocycles. The molecule has 1 amide bonds. The van der Waals surface area contributed by atoms with Crippen molar-refractivity contribution in [1.82, 2.24) is 24.6 Å². The summed E-state index contributed by atoms with van der Waals surface area (Å²) in [5.41, 5.74) is 2.79. The third-order valence-electron chi connectivity index (χ3n) is 6.75. The lowest BCUT2D eigenvalue weighted by Gasteiger charge is -2.20. The Morgan fingerprint density at radius 2 is 1.65 bits per heavy atom. The first-order valence-electron chi connectivity index (χ1n) is 12.9. The van der Waals surface area contributed by atoms with Gasteiger partial charge in [0.1, 0.15) is 5.82 Å². The molecule has 2 heterocycles. The number of fused-ring (bicyclic) bond motifs is 2. The molecule has 0 bridgehead atoms. The van der Waals surface area contributed by atoms with E-state index in [1.54, 1.807) is 27.6 Å². The molecule has 0 radical (unpaired) electrons. The average molecular weight is 524 g/mol. The molecule has 194 valence electrons. The summed E-state index contributed by atoms with van der Waals surface area (Å²) in [6.45, 7) is 1.84. The van der Waals surface area contributed by atoms with Crippen LogP contribution in [0.15, 0.2) is 108 Å². The quantitative estimate of drug-likeness (QED) is 0.324. The fraction of sp³-hybridized carbons (Fsp3) is 0.0909. The summed E-state index contributed by atoms with van der Waals surface area (Å²) >= 11 is 0. The molecule has 0 aliphatic heterocycles. The van der Waals surface area contributed by atoms with E-state index in [2.05, 4.69) is 22.3 Å². The predicted molar refractivity (Wildman–Crippen MR) is 156 cm³/mol. The lowest BCUT2D eigenvalue weighted by molar-refractivity contribution is 0.0939. The molecular formula is C33H25N5O2. The SMILES string of the molecule is C[C@H](NC(=O)c1cccc2ccccc12)c1nc2cccc(C#Cc3cnn(C)c3)c2c(=O)n1-c1ccccc1. The minimum Gasteiger partial charge on any atom is -0.342 e. The Kier molecular flexibility index (Phi) is 6.43. The van der Waals surface area contributed by atoms with E-state index < -0.39 is 6.04 Å². The minimum atomic E-state index is -0.575. The number of amides is 1. The highest BCUT2D eigenvalue weighted by Crippen LogP contribution is 2.22. The minimum absolute atomic E-state index is 0.241. The van der Waals surface area contributed by atoms with E-state index in [1.165, 1.54) is 0 Å². The van der Waals surface area contributed by atoms with Gasteiger partial charge in [-0.2, -0.15) is 5.10 Å². The first kappa shape index (κ1) is 24.8. The van der Waals surface area contributed by atoms with Crippen LogP contribution in [0.3, 0.4) is 0 Å². The first-order valence-corrected chi connectivity index (χ1v) is 12.9. The lowest BCUT2D eigenvalue weighted by atomic mass is 10.0. The topological polar surface area (TPSA) is 81.8 Å². The van der Waals surface area contributed by atoms with E-state index in [9.17, 15) is 9.59 Å². The van der Waals surface area contributed by atoms with Crippen molar-refractivity contribution in [3.05, 3.63) is 136 Å². The highest BCUT2D eigenvalue weighted by atomic mass is 16.2. The highest BCUT2D eigenvalue weighted by Gasteiger charge is 2.22. The van der Waals surface area contributed by atoms with E-state index in [4.69, 9.17) is 4.98 Å². The number of rotatable bonds is 4. The van der Waals surface area contributed by atoms with Gasteiger partial charge in [-0.25, -0.2) is 4.98 Å². The number of nitrogens with zero attached hydrogens (tertiary/aromatic N) is 4. The molecule has 7 heteroatoms. The molecule has 0 saturated heterocycles. The summed E-state index contributed by atoms with van der Waals surface area (Å²) in [6, 6.07) is 27.6. The number of hydrogen-bond acceptors (Lipinski definition) is 4. The fourth-order valence-corrected chi connectivity index (χ4v) is 4.86. The van der Waals surface area contributed by atoms with Crippen molar-refractivity contribution in [3.8, 4) is 17.5 Å². The van der Waals surface area contributed by atoms with Crippen molar-refractivity contribution in [2.24, 2.45) is 7.05 Å². The maximum absolute atomic E-state index is 14.1. The number of benzene rings is 4. The number of nitrogens with one attached hydrogen (secondary N) is 1. The average Bonchev–Trinajstić information content (AvgIpc) is 3.40. The van der Waals surface area contributed by atoms with Crippen LogP contribution in [0.2, 0.25) is 0 Å². The second-order valence-electron chi connectivity index (χ2n) is 9.52. The van der Waals surface area contributed by atoms with Crippen LogP contribution in [0.4, 0.5) is 0 Å². The Morgan fingerprint density at radius 3 is 2.45 bits per heavy atom. The smallest absolute Gasteiger partial charge is 0.267 e. The van der Waals surface area contributed by atoms with Crippen LogP contribution < -0.4 is 10.9 Å². The summed E-state index contributed by atoms with van der Waals surface area (Å²) in [7, 11) is 1.83. The Bertz CT molecular complexity index is 2010. The molecule has 6 aromatic rings. The monoisotopic (exact) mass is 523 g/mol. The summed E-state index contributed by atoms with van der Waals surface area (Å²) in [4.78, 5) is 32.5. The van der Waals surface area contributed by atoms with Crippen LogP contribution in [0.5, 0.6) is 0 Å². The second kappa shape index (κ2) is 10.4. The van der Waals surface area contributed by atoms with Crippen molar-refractivity contribution >= 4 is 27.6 Å². The number of aromatic nitrogens is 4. The first-order chi connectivity index (χ1) is 19.5. The molecule has 40 heavy (non-hydrogen) atoms. The van der Waals surface area contributed by atoms with Crippen molar-refractivity contribution in [2.75, 3.05) is 0 Å². The third kappa shape index (κ3) is 4.63. The van der Waals surface area contributed by atoms with Gasteiger partial charge in [-0.15, -0.1) is 0 Å². The Balaban J connectivity index is 1.47. The lowest BCUT2D eigenvalue weighted by Crippen LogP contribution is -2.33. The number of carbonyl (C=O) groups is 1. The number of carbonyl (C=O) groups excluding carboxylic acids is 1. The molecule has 4 aromatic carbocycles. The van der Waals surface area contributed by atoms with Gasteiger partial charge < -0.3 is 5.32 Å². The Hall–Kier alpha value is -5.48. The zero-order valence-electron chi connectivity index (χ0n) is 22.0. The van der Waals surface area contributed by atoms with E-state index >= 15 is 0 Å². The number of hydrogen-bond donors (Lipinski definition) is 1. The second-order valence-corrected chi connectivity index (χ2v) is 9.52. The van der Waals surface area contributed by atoms with Gasteiger partial charge in [-0.05, 0) is 48.0 Å². The molecule has 0 spiro atoms. The largest absolute Gasteiger partial charge is 0.342 e. The Morgan fingerprint density at radius 1 is 0.900 bits per heavy atom. The van der Waals surface area contributed by atoms with E-state index in [-0.39, 0.29) is 11.5 Å². The summed E-state index contributed by atoms with van der Waals surface area (Å²) in [6.07, 6.45) is 3.49. The van der Waals surface area contributed by atoms with E-state index in [0.29, 0.717) is 33.5 Å². The van der Waals surface area contributed by atoms with Gasteiger partial charge in [-0.1, -0.05) is 72.5 Å². The summed E-state index contributed by atoms with van der Waals surface area (Å²) < 4.78 is 3.24. The predicted octanol–water partition coefficient (Wildman–Crippen LogP) is 5.16. The molecule has 0 fully saturated rings. The molecule has 1 atom stereocenters. The molecule has 0 unspecified atom stereocenters. The molecule has 0 aliphatic rings. The van der Waals surface area contributed by atoms with Gasteiger partial charge in [0.2, 0.25) is 0 Å². The van der Waals surface area contributed by atoms with Crippen LogP contribution in [0.1, 0.15) is 40.3 Å². The Labute approximate surface area is 230 Å². The molecule has 0 saturated carbocycles.